The summed E-state index contributed by atoms with van der Waals surface area (Å²) < 4.78 is 5.38. The van der Waals surface area contributed by atoms with Crippen molar-refractivity contribution in [3.63, 3.8) is 0 Å². The van der Waals surface area contributed by atoms with Crippen molar-refractivity contribution < 1.29 is 9.84 Å². The van der Waals surface area contributed by atoms with Crippen LogP contribution in [0.25, 0.3) is 0 Å². The van der Waals surface area contributed by atoms with Gasteiger partial charge in [-0.25, -0.2) is 0 Å². The third-order valence-corrected chi connectivity index (χ3v) is 3.14. The molecule has 0 aliphatic heterocycles. The summed E-state index contributed by atoms with van der Waals surface area (Å²) in [5.74, 6) is 0. The van der Waals surface area contributed by atoms with Crippen molar-refractivity contribution in [1.29, 1.82) is 0 Å². The first-order valence-corrected chi connectivity index (χ1v) is 6.28. The third kappa shape index (κ3) is 7.68. The minimum atomic E-state index is -0.386. The zero-order chi connectivity index (χ0) is 13.3. The molecule has 0 rings (SSSR count). The first-order chi connectivity index (χ1) is 7.97. The van der Waals surface area contributed by atoms with E-state index in [1.807, 2.05) is 21.1 Å². The van der Waals surface area contributed by atoms with Crippen LogP contribution in [0.3, 0.4) is 0 Å². The van der Waals surface area contributed by atoms with Crippen LogP contribution in [0.1, 0.15) is 26.7 Å². The quantitative estimate of drug-likeness (QED) is 0.321. The van der Waals surface area contributed by atoms with E-state index in [-0.39, 0.29) is 11.8 Å². The smallest absolute Gasteiger partial charge is 0.0745 e. The molecule has 0 heterocycles. The second kappa shape index (κ2) is 8.83. The molecule has 0 fully saturated rings. The highest BCUT2D eigenvalue weighted by Crippen LogP contribution is 2.10. The Bertz CT molecular complexity index is 185. The zero-order valence-corrected chi connectivity index (χ0v) is 11.8. The minimum Gasteiger partial charge on any atom is -0.391 e. The van der Waals surface area contributed by atoms with Gasteiger partial charge in [-0.3, -0.25) is 0 Å². The Hall–Kier alpha value is -0.200. The molecular formula is C12H29N3O2. The summed E-state index contributed by atoms with van der Waals surface area (Å²) in [6.07, 6.45) is 1.51. The molecule has 0 saturated heterocycles. The van der Waals surface area contributed by atoms with Gasteiger partial charge in [0.05, 0.1) is 18.4 Å². The predicted octanol–water partition coefficient (Wildman–Crippen LogP) is -0.0930. The van der Waals surface area contributed by atoms with Gasteiger partial charge >= 0.3 is 0 Å². The van der Waals surface area contributed by atoms with E-state index in [0.29, 0.717) is 19.3 Å². The fourth-order valence-electron chi connectivity index (χ4n) is 1.65. The highest BCUT2D eigenvalue weighted by Gasteiger charge is 2.23. The van der Waals surface area contributed by atoms with E-state index >= 15 is 0 Å². The highest BCUT2D eigenvalue weighted by molar-refractivity contribution is 4.83. The Morgan fingerprint density at radius 3 is 2.24 bits per heavy atom. The largest absolute Gasteiger partial charge is 0.391 e. The lowest BCUT2D eigenvalue weighted by Crippen LogP contribution is -2.54. The van der Waals surface area contributed by atoms with Gasteiger partial charge in [-0.1, -0.05) is 0 Å². The highest BCUT2D eigenvalue weighted by atomic mass is 16.5. The monoisotopic (exact) mass is 247 g/mol. The molecule has 0 bridgehead atoms. The molecule has 0 saturated carbocycles. The van der Waals surface area contributed by atoms with Crippen molar-refractivity contribution in [3.05, 3.63) is 0 Å². The Morgan fingerprint density at radius 2 is 1.82 bits per heavy atom. The molecule has 2 atom stereocenters. The Morgan fingerprint density at radius 1 is 1.24 bits per heavy atom. The molecule has 104 valence electrons. The lowest BCUT2D eigenvalue weighted by Gasteiger charge is -2.33. The number of hydrogen-bond acceptors (Lipinski definition) is 5. The van der Waals surface area contributed by atoms with Crippen LogP contribution in [0.4, 0.5) is 0 Å². The molecular weight excluding hydrogens is 218 g/mol. The maximum absolute atomic E-state index is 9.08. The normalized spacial score (nSPS) is 15.9. The van der Waals surface area contributed by atoms with Gasteiger partial charge in [-0.2, -0.15) is 0 Å². The van der Waals surface area contributed by atoms with Crippen LogP contribution in [0.2, 0.25) is 0 Å². The van der Waals surface area contributed by atoms with Gasteiger partial charge < -0.3 is 25.8 Å². The standard InChI is InChI=1S/C12H29N3O2/c1-10(16)9-17-7-6-11(13-3)8-12(2,14-4)15-5/h10-11,13-16H,6-9H2,1-5H3. The molecule has 0 aromatic carbocycles. The van der Waals surface area contributed by atoms with Crippen LogP contribution in [-0.2, 0) is 4.74 Å². The van der Waals surface area contributed by atoms with Gasteiger partial charge in [-0.05, 0) is 47.8 Å². The van der Waals surface area contributed by atoms with E-state index in [0.717, 1.165) is 12.8 Å². The molecule has 0 spiro atoms. The topological polar surface area (TPSA) is 65.5 Å². The number of nitrogens with one attached hydrogen (secondary N) is 3. The summed E-state index contributed by atoms with van der Waals surface area (Å²) in [6, 6.07) is 0.383. The lowest BCUT2D eigenvalue weighted by atomic mass is 10.00. The minimum absolute atomic E-state index is 0.0715. The maximum atomic E-state index is 9.08. The Kier molecular flexibility index (Phi) is 8.72. The van der Waals surface area contributed by atoms with Gasteiger partial charge in [0.2, 0.25) is 0 Å². The van der Waals surface area contributed by atoms with Crippen molar-refractivity contribution in [2.24, 2.45) is 0 Å². The SMILES string of the molecule is CNC(CCOCC(C)O)CC(C)(NC)NC. The number of hydrogen-bond donors (Lipinski definition) is 4. The molecule has 0 aliphatic carbocycles. The molecule has 2 unspecified atom stereocenters. The van der Waals surface area contributed by atoms with Crippen LogP contribution < -0.4 is 16.0 Å². The van der Waals surface area contributed by atoms with Gasteiger partial charge in [0.1, 0.15) is 0 Å². The molecule has 5 heteroatoms. The number of aliphatic hydroxyl groups is 1. The van der Waals surface area contributed by atoms with Crippen LogP contribution in [0.5, 0.6) is 0 Å². The molecule has 0 radical (unpaired) electrons. The molecule has 4 N–H and O–H groups in total. The van der Waals surface area contributed by atoms with E-state index in [1.54, 1.807) is 6.92 Å². The van der Waals surface area contributed by atoms with Crippen molar-refractivity contribution in [1.82, 2.24) is 16.0 Å². The molecule has 0 aromatic rings. The summed E-state index contributed by atoms with van der Waals surface area (Å²) in [4.78, 5) is 0. The fraction of sp³-hybridized carbons (Fsp3) is 1.00. The van der Waals surface area contributed by atoms with Gasteiger partial charge in [0, 0.05) is 12.6 Å². The van der Waals surface area contributed by atoms with Crippen LogP contribution in [0.15, 0.2) is 0 Å². The number of aliphatic hydroxyl groups excluding tert-OH is 1. The van der Waals surface area contributed by atoms with Gasteiger partial charge in [0.15, 0.2) is 0 Å². The van der Waals surface area contributed by atoms with Crippen molar-refractivity contribution >= 4 is 0 Å². The summed E-state index contributed by atoms with van der Waals surface area (Å²) in [6.45, 7) is 4.94. The van der Waals surface area contributed by atoms with E-state index < -0.39 is 0 Å². The van der Waals surface area contributed by atoms with Gasteiger partial charge in [0.25, 0.3) is 0 Å². The van der Waals surface area contributed by atoms with Crippen molar-refractivity contribution in [2.75, 3.05) is 34.4 Å². The summed E-state index contributed by atoms with van der Waals surface area (Å²) >= 11 is 0. The molecule has 0 amide bonds. The van der Waals surface area contributed by atoms with Crippen LogP contribution in [0, 0.1) is 0 Å². The Balaban J connectivity index is 3.91. The number of ether oxygens (including phenoxy) is 1. The average Bonchev–Trinajstić information content (AvgIpc) is 2.32. The summed E-state index contributed by atoms with van der Waals surface area (Å²) in [5.41, 5.74) is -0.0715. The third-order valence-electron chi connectivity index (χ3n) is 3.14. The number of rotatable bonds is 10. The second-order valence-electron chi connectivity index (χ2n) is 4.73. The second-order valence-corrected chi connectivity index (χ2v) is 4.73. The van der Waals surface area contributed by atoms with Gasteiger partial charge in [-0.15, -0.1) is 0 Å². The Labute approximate surface area is 105 Å². The lowest BCUT2D eigenvalue weighted by molar-refractivity contribution is 0.0408. The maximum Gasteiger partial charge on any atom is 0.0745 e. The van der Waals surface area contributed by atoms with Crippen molar-refractivity contribution in [2.45, 2.75) is 44.5 Å². The van der Waals surface area contributed by atoms with E-state index in [4.69, 9.17) is 9.84 Å². The van der Waals surface area contributed by atoms with E-state index in [9.17, 15) is 0 Å². The molecule has 0 aliphatic rings. The first kappa shape index (κ1) is 16.8. The summed E-state index contributed by atoms with van der Waals surface area (Å²) in [5, 5.41) is 18.9. The predicted molar refractivity (Wildman–Crippen MR) is 71.1 cm³/mol. The van der Waals surface area contributed by atoms with Crippen molar-refractivity contribution in [3.8, 4) is 0 Å². The summed E-state index contributed by atoms with van der Waals surface area (Å²) in [7, 11) is 5.87. The van der Waals surface area contributed by atoms with Crippen LogP contribution in [-0.4, -0.2) is 57.3 Å². The van der Waals surface area contributed by atoms with E-state index in [2.05, 4.69) is 22.9 Å². The zero-order valence-electron chi connectivity index (χ0n) is 11.8. The first-order valence-electron chi connectivity index (χ1n) is 6.28. The average molecular weight is 247 g/mol. The van der Waals surface area contributed by atoms with E-state index in [1.165, 1.54) is 0 Å². The fourth-order valence-corrected chi connectivity index (χ4v) is 1.65. The van der Waals surface area contributed by atoms with Crippen LogP contribution >= 0.6 is 0 Å². The molecule has 17 heavy (non-hydrogen) atoms. The molecule has 5 nitrogen and oxygen atoms in total. The molecule has 0 aromatic heterocycles.